The van der Waals surface area contributed by atoms with Gasteiger partial charge in [0.2, 0.25) is 23.4 Å². The van der Waals surface area contributed by atoms with Gasteiger partial charge in [-0.05, 0) is 24.3 Å². The molecular weight excluding hydrogens is 310 g/mol. The molecule has 0 aromatic carbocycles. The number of likely N-dealkylation sites (tertiary alicyclic amines) is 1. The third-order valence-corrected chi connectivity index (χ3v) is 3.68. The van der Waals surface area contributed by atoms with Crippen LogP contribution in [0.3, 0.4) is 0 Å². The first-order valence-electron chi connectivity index (χ1n) is 7.41. The smallest absolute Gasteiger partial charge is 0.246 e. The molecule has 0 saturated carbocycles. The highest BCUT2D eigenvalue weighted by atomic mass is 16.5. The second kappa shape index (κ2) is 6.07. The average molecular weight is 323 g/mol. The molecule has 4 heterocycles. The Hall–Kier alpha value is -3.29. The minimum atomic E-state index is -0.0752. The molecule has 1 aliphatic rings. The summed E-state index contributed by atoms with van der Waals surface area (Å²) in [7, 11) is 0. The molecule has 24 heavy (non-hydrogen) atoms. The van der Waals surface area contributed by atoms with Gasteiger partial charge in [-0.2, -0.15) is 4.98 Å². The van der Waals surface area contributed by atoms with Crippen molar-refractivity contribution >= 4 is 12.0 Å². The molecular formula is C16H13N5O3. The zero-order valence-electron chi connectivity index (χ0n) is 12.6. The van der Waals surface area contributed by atoms with E-state index in [4.69, 9.17) is 8.94 Å². The summed E-state index contributed by atoms with van der Waals surface area (Å²) in [6.07, 6.45) is 7.94. The molecule has 0 aliphatic carbocycles. The van der Waals surface area contributed by atoms with Crippen molar-refractivity contribution in [2.45, 2.75) is 5.92 Å². The second-order valence-electron chi connectivity index (χ2n) is 5.32. The van der Waals surface area contributed by atoms with Crippen LogP contribution in [0, 0.1) is 0 Å². The van der Waals surface area contributed by atoms with Crippen molar-refractivity contribution in [3.8, 4) is 11.6 Å². The van der Waals surface area contributed by atoms with Gasteiger partial charge >= 0.3 is 0 Å². The van der Waals surface area contributed by atoms with Gasteiger partial charge in [-0.3, -0.25) is 4.79 Å². The van der Waals surface area contributed by atoms with Crippen LogP contribution in [-0.4, -0.2) is 44.0 Å². The van der Waals surface area contributed by atoms with E-state index in [-0.39, 0.29) is 11.8 Å². The monoisotopic (exact) mass is 323 g/mol. The maximum atomic E-state index is 12.0. The first-order valence-corrected chi connectivity index (χ1v) is 7.41. The fourth-order valence-electron chi connectivity index (χ4n) is 2.37. The average Bonchev–Trinajstić information content (AvgIpc) is 3.24. The number of amides is 1. The lowest BCUT2D eigenvalue weighted by molar-refractivity contribution is -0.130. The van der Waals surface area contributed by atoms with Crippen LogP contribution in [-0.2, 0) is 4.79 Å². The molecule has 3 aromatic heterocycles. The molecule has 0 bridgehead atoms. The van der Waals surface area contributed by atoms with E-state index in [0.29, 0.717) is 36.4 Å². The van der Waals surface area contributed by atoms with Gasteiger partial charge in [-0.1, -0.05) is 5.16 Å². The third kappa shape index (κ3) is 2.81. The van der Waals surface area contributed by atoms with Gasteiger partial charge in [-0.25, -0.2) is 9.97 Å². The number of hydrogen-bond donors (Lipinski definition) is 0. The van der Waals surface area contributed by atoms with E-state index in [0.717, 1.165) is 0 Å². The summed E-state index contributed by atoms with van der Waals surface area (Å²) in [5, 5.41) is 3.89. The number of carbonyl (C=O) groups is 1. The number of furan rings is 1. The van der Waals surface area contributed by atoms with Gasteiger partial charge < -0.3 is 13.8 Å². The van der Waals surface area contributed by atoms with Gasteiger partial charge in [0.05, 0.1) is 12.2 Å². The summed E-state index contributed by atoms with van der Waals surface area (Å²) >= 11 is 0. The summed E-state index contributed by atoms with van der Waals surface area (Å²) in [5.41, 5.74) is 0. The summed E-state index contributed by atoms with van der Waals surface area (Å²) in [6.45, 7) is 1.08. The van der Waals surface area contributed by atoms with E-state index in [1.54, 1.807) is 47.8 Å². The highest BCUT2D eigenvalue weighted by Crippen LogP contribution is 2.27. The number of aromatic nitrogens is 4. The van der Waals surface area contributed by atoms with E-state index >= 15 is 0 Å². The zero-order chi connectivity index (χ0) is 16.4. The van der Waals surface area contributed by atoms with Crippen LogP contribution in [0.15, 0.2) is 51.9 Å². The number of carbonyl (C=O) groups excluding carboxylic acids is 1. The Bertz CT molecular complexity index is 851. The Morgan fingerprint density at radius 3 is 2.79 bits per heavy atom. The molecule has 1 amide bonds. The van der Waals surface area contributed by atoms with Crippen molar-refractivity contribution < 1.29 is 13.7 Å². The van der Waals surface area contributed by atoms with E-state index in [9.17, 15) is 4.79 Å². The molecule has 0 atom stereocenters. The van der Waals surface area contributed by atoms with Crippen LogP contribution >= 0.6 is 0 Å². The van der Waals surface area contributed by atoms with Crippen molar-refractivity contribution in [1.82, 2.24) is 25.0 Å². The quantitative estimate of drug-likeness (QED) is 0.675. The topological polar surface area (TPSA) is 98.2 Å². The van der Waals surface area contributed by atoms with Crippen LogP contribution in [0.5, 0.6) is 0 Å². The fraction of sp³-hybridized carbons (Fsp3) is 0.188. The van der Waals surface area contributed by atoms with Crippen molar-refractivity contribution in [1.29, 1.82) is 0 Å². The zero-order valence-corrected chi connectivity index (χ0v) is 12.6. The van der Waals surface area contributed by atoms with Gasteiger partial charge in [0, 0.05) is 31.6 Å². The van der Waals surface area contributed by atoms with Crippen molar-refractivity contribution in [2.75, 3.05) is 13.1 Å². The van der Waals surface area contributed by atoms with E-state index < -0.39 is 0 Å². The maximum absolute atomic E-state index is 12.0. The Labute approximate surface area is 136 Å². The van der Waals surface area contributed by atoms with Gasteiger partial charge in [0.25, 0.3) is 0 Å². The van der Waals surface area contributed by atoms with E-state index in [2.05, 4.69) is 20.1 Å². The predicted molar refractivity (Wildman–Crippen MR) is 82.4 cm³/mol. The highest BCUT2D eigenvalue weighted by molar-refractivity contribution is 5.92. The molecule has 0 unspecified atom stereocenters. The summed E-state index contributed by atoms with van der Waals surface area (Å²) in [4.78, 5) is 26.2. The van der Waals surface area contributed by atoms with Crippen LogP contribution in [0.4, 0.5) is 0 Å². The fourth-order valence-corrected chi connectivity index (χ4v) is 2.37. The minimum Gasteiger partial charge on any atom is -0.465 e. The number of hydrogen-bond acceptors (Lipinski definition) is 7. The van der Waals surface area contributed by atoms with Crippen molar-refractivity contribution in [2.24, 2.45) is 0 Å². The van der Waals surface area contributed by atoms with E-state index in [1.165, 1.54) is 6.08 Å². The van der Waals surface area contributed by atoms with Gasteiger partial charge in [0.1, 0.15) is 5.76 Å². The molecule has 8 heteroatoms. The van der Waals surface area contributed by atoms with Gasteiger partial charge in [0.15, 0.2) is 0 Å². The Morgan fingerprint density at radius 2 is 2.04 bits per heavy atom. The Kier molecular flexibility index (Phi) is 3.62. The predicted octanol–water partition coefficient (Wildman–Crippen LogP) is 1.76. The molecule has 0 spiro atoms. The number of rotatable bonds is 4. The first kappa shape index (κ1) is 14.3. The molecule has 1 saturated heterocycles. The normalized spacial score (nSPS) is 14.9. The molecule has 1 aliphatic heterocycles. The highest BCUT2D eigenvalue weighted by Gasteiger charge is 2.35. The Balaban J connectivity index is 1.36. The largest absolute Gasteiger partial charge is 0.465 e. The van der Waals surface area contributed by atoms with Crippen LogP contribution in [0.25, 0.3) is 17.7 Å². The summed E-state index contributed by atoms with van der Waals surface area (Å²) in [6, 6.07) is 5.28. The summed E-state index contributed by atoms with van der Waals surface area (Å²) < 4.78 is 10.4. The van der Waals surface area contributed by atoms with Crippen LogP contribution < -0.4 is 0 Å². The third-order valence-electron chi connectivity index (χ3n) is 3.68. The lowest BCUT2D eigenvalue weighted by Gasteiger charge is -2.36. The molecule has 4 rings (SSSR count). The molecule has 8 nitrogen and oxygen atoms in total. The molecule has 0 N–H and O–H groups in total. The molecule has 0 radical (unpaired) electrons. The lowest BCUT2D eigenvalue weighted by atomic mass is 10.00. The van der Waals surface area contributed by atoms with Gasteiger partial charge in [-0.15, -0.1) is 0 Å². The molecule has 1 fully saturated rings. The molecule has 3 aromatic rings. The van der Waals surface area contributed by atoms with Crippen molar-refractivity contribution in [3.63, 3.8) is 0 Å². The second-order valence-corrected chi connectivity index (χ2v) is 5.32. The maximum Gasteiger partial charge on any atom is 0.246 e. The summed E-state index contributed by atoms with van der Waals surface area (Å²) in [5.74, 6) is 1.88. The Morgan fingerprint density at radius 1 is 1.21 bits per heavy atom. The van der Waals surface area contributed by atoms with E-state index in [1.807, 2.05) is 0 Å². The molecule has 120 valence electrons. The first-order chi connectivity index (χ1) is 11.8. The SMILES string of the molecule is O=C(/C=C/c1ccco1)N1CC(c2nc(-c3ncccn3)no2)C1. The van der Waals surface area contributed by atoms with Crippen LogP contribution in [0.2, 0.25) is 0 Å². The lowest BCUT2D eigenvalue weighted by Crippen LogP contribution is -2.47. The van der Waals surface area contributed by atoms with Crippen LogP contribution in [0.1, 0.15) is 17.6 Å². The number of nitrogens with zero attached hydrogens (tertiary/aromatic N) is 5. The van der Waals surface area contributed by atoms with Crippen molar-refractivity contribution in [3.05, 3.63) is 54.6 Å². The standard InChI is InChI=1S/C16H13N5O3/c22-13(5-4-12-3-1-8-23-12)21-9-11(10-21)16-19-15(20-24-16)14-17-6-2-7-18-14/h1-8,11H,9-10H2/b5-4+. The minimum absolute atomic E-state index is 0.0379.